The van der Waals surface area contributed by atoms with Crippen LogP contribution in [0.4, 0.5) is 13.6 Å². The summed E-state index contributed by atoms with van der Waals surface area (Å²) in [4.78, 5) is 45.2. The topological polar surface area (TPSA) is 125 Å². The van der Waals surface area contributed by atoms with E-state index < -0.39 is 48.9 Å². The van der Waals surface area contributed by atoms with Crippen molar-refractivity contribution in [1.82, 2.24) is 20.1 Å². The fourth-order valence-corrected chi connectivity index (χ4v) is 5.55. The Balaban J connectivity index is 1.30. The van der Waals surface area contributed by atoms with Gasteiger partial charge in [-0.25, -0.2) is 13.6 Å². The molecule has 13 heteroatoms. The number of carbonyl (C=O) groups excluding carboxylic acids is 3. The van der Waals surface area contributed by atoms with Gasteiger partial charge in [-0.1, -0.05) is 0 Å². The lowest BCUT2D eigenvalue weighted by molar-refractivity contribution is -0.913. The number of quaternary nitrogens is 1. The Hall–Kier alpha value is -3.87. The number of amides is 3. The molecule has 2 fully saturated rings. The third-order valence-corrected chi connectivity index (χ3v) is 8.03. The summed E-state index contributed by atoms with van der Waals surface area (Å²) in [6.07, 6.45) is 1.40. The smallest absolute Gasteiger partial charge is 0.410 e. The molecule has 1 atom stereocenters. The van der Waals surface area contributed by atoms with Gasteiger partial charge < -0.3 is 29.6 Å². The molecule has 2 aliphatic heterocycles. The maximum Gasteiger partial charge on any atom is 0.410 e. The summed E-state index contributed by atoms with van der Waals surface area (Å²) in [6, 6.07) is 5.80. The Morgan fingerprint density at radius 2 is 1.89 bits per heavy atom. The number of ether oxygens (including phenoxy) is 2. The van der Waals surface area contributed by atoms with Crippen LogP contribution in [-0.2, 0) is 9.53 Å². The number of benzene rings is 1. The van der Waals surface area contributed by atoms with Crippen molar-refractivity contribution in [3.8, 4) is 5.75 Å². The van der Waals surface area contributed by atoms with Crippen LogP contribution in [0.2, 0.25) is 0 Å². The highest BCUT2D eigenvalue weighted by Gasteiger charge is 2.47. The molecule has 0 saturated carbocycles. The zero-order valence-electron chi connectivity index (χ0n) is 26.1. The molecular formula is C31H43F2N6O5+. The van der Waals surface area contributed by atoms with Crippen molar-refractivity contribution < 1.29 is 37.1 Å². The Morgan fingerprint density at radius 1 is 1.18 bits per heavy atom. The number of nitrogens with one attached hydrogen (secondary N) is 2. The first-order valence-corrected chi connectivity index (χ1v) is 14.9. The molecule has 3 heterocycles. The van der Waals surface area contributed by atoms with Crippen LogP contribution in [-0.4, -0.2) is 120 Å². The summed E-state index contributed by atoms with van der Waals surface area (Å²) < 4.78 is 40.2. The van der Waals surface area contributed by atoms with E-state index in [1.807, 2.05) is 20.8 Å². The number of nitrogens with zero attached hydrogens (tertiary/aromatic N) is 4. The molecule has 0 spiro atoms. The normalized spacial score (nSPS) is 19.5. The van der Waals surface area contributed by atoms with Crippen LogP contribution in [0.15, 0.2) is 30.5 Å². The number of piperazine rings is 1. The number of halogens is 2. The molecule has 0 unspecified atom stereocenters. The summed E-state index contributed by atoms with van der Waals surface area (Å²) >= 11 is 0. The molecule has 1 aromatic heterocycles. The lowest BCUT2D eigenvalue weighted by atomic mass is 10.1. The van der Waals surface area contributed by atoms with E-state index in [1.54, 1.807) is 23.1 Å². The van der Waals surface area contributed by atoms with Crippen molar-refractivity contribution in [3.05, 3.63) is 36.0 Å². The van der Waals surface area contributed by atoms with Gasteiger partial charge in [0.2, 0.25) is 5.91 Å². The van der Waals surface area contributed by atoms with Gasteiger partial charge in [-0.05, 0) is 52.0 Å². The molecule has 0 bridgehead atoms. The van der Waals surface area contributed by atoms with E-state index in [1.165, 1.54) is 19.2 Å². The first-order chi connectivity index (χ1) is 20.6. The van der Waals surface area contributed by atoms with Crippen LogP contribution in [0.5, 0.6) is 5.75 Å². The molecule has 44 heavy (non-hydrogen) atoms. The summed E-state index contributed by atoms with van der Waals surface area (Å²) in [6.45, 7) is 9.98. The van der Waals surface area contributed by atoms with Crippen molar-refractivity contribution in [2.45, 2.75) is 58.1 Å². The Kier molecular flexibility index (Phi) is 9.77. The average Bonchev–Trinajstić information content (AvgIpc) is 3.28. The predicted molar refractivity (Wildman–Crippen MR) is 161 cm³/mol. The second kappa shape index (κ2) is 13.0. The van der Waals surface area contributed by atoms with Gasteiger partial charge >= 0.3 is 6.09 Å². The highest BCUT2D eigenvalue weighted by atomic mass is 19.3. The van der Waals surface area contributed by atoms with Crippen molar-refractivity contribution in [3.63, 3.8) is 0 Å². The number of rotatable bonds is 9. The fraction of sp³-hybridized carbons (Fsp3) is 0.581. The van der Waals surface area contributed by atoms with E-state index >= 15 is 0 Å². The standard InChI is InChI=1S/C31H42F2N6O5/c1-21(34)26-18-31(32,33)20-38(26)27(40)19-36-28(41)23-9-10-35-25-8-7-22(17-24(23)25)43-16-6-13-39(5)14-11-37(12-15-39)29(42)44-30(2,3)4/h7-10,17,26,34H,6,11-16,18-20H2,1-5H3/p+1/t26-/m0/s1. The highest BCUT2D eigenvalue weighted by molar-refractivity contribution is 6.07. The van der Waals surface area contributed by atoms with Gasteiger partial charge in [0.1, 0.15) is 11.4 Å². The minimum Gasteiger partial charge on any atom is -0.493 e. The number of fused-ring (bicyclic) bond motifs is 1. The third kappa shape index (κ3) is 8.40. The Bertz CT molecular complexity index is 1400. The van der Waals surface area contributed by atoms with Crippen LogP contribution >= 0.6 is 0 Å². The molecule has 2 aromatic rings. The van der Waals surface area contributed by atoms with Crippen LogP contribution in [0.1, 0.15) is 50.9 Å². The summed E-state index contributed by atoms with van der Waals surface area (Å²) in [5.41, 5.74) is 0.302. The van der Waals surface area contributed by atoms with Crippen LogP contribution in [0.3, 0.4) is 0 Å². The van der Waals surface area contributed by atoms with Crippen LogP contribution < -0.4 is 10.1 Å². The van der Waals surface area contributed by atoms with Crippen LogP contribution in [0.25, 0.3) is 10.9 Å². The van der Waals surface area contributed by atoms with E-state index in [0.29, 0.717) is 36.3 Å². The molecule has 2 saturated heterocycles. The number of carbonyl (C=O) groups is 3. The van der Waals surface area contributed by atoms with Crippen LogP contribution in [0, 0.1) is 5.41 Å². The van der Waals surface area contributed by atoms with Gasteiger partial charge in [-0.3, -0.25) is 19.5 Å². The zero-order valence-corrected chi connectivity index (χ0v) is 26.1. The SMILES string of the molecule is CC(=N)[C@@H]1CC(F)(F)CN1C(=O)CNC(=O)c1ccnc2ccc(OCCC[N+]3(C)CCN(C(=O)OC(C)(C)C)CC3)cc12. The minimum atomic E-state index is -3.07. The maximum absolute atomic E-state index is 13.9. The average molecular weight is 618 g/mol. The number of aromatic nitrogens is 1. The Labute approximate surface area is 256 Å². The monoisotopic (exact) mass is 617 g/mol. The van der Waals surface area contributed by atoms with E-state index in [4.69, 9.17) is 14.9 Å². The van der Waals surface area contributed by atoms with Gasteiger partial charge in [0.05, 0.1) is 76.6 Å². The van der Waals surface area contributed by atoms with E-state index in [-0.39, 0.29) is 17.4 Å². The quantitative estimate of drug-likeness (QED) is 0.251. The molecule has 1 aromatic carbocycles. The van der Waals surface area contributed by atoms with Gasteiger partial charge in [0, 0.05) is 30.1 Å². The fourth-order valence-electron chi connectivity index (χ4n) is 5.55. The molecule has 0 aliphatic carbocycles. The first-order valence-electron chi connectivity index (χ1n) is 14.9. The predicted octanol–water partition coefficient (Wildman–Crippen LogP) is 3.71. The number of pyridine rings is 1. The highest BCUT2D eigenvalue weighted by Crippen LogP contribution is 2.32. The van der Waals surface area contributed by atoms with Gasteiger partial charge in [-0.15, -0.1) is 0 Å². The molecule has 0 radical (unpaired) electrons. The van der Waals surface area contributed by atoms with Crippen molar-refractivity contribution in [1.29, 1.82) is 5.41 Å². The number of alkyl halides is 2. The van der Waals surface area contributed by atoms with Gasteiger partial charge in [0.15, 0.2) is 0 Å². The summed E-state index contributed by atoms with van der Waals surface area (Å²) in [5, 5.41) is 10.8. The van der Waals surface area contributed by atoms with Gasteiger partial charge in [-0.2, -0.15) is 0 Å². The van der Waals surface area contributed by atoms with Crippen molar-refractivity contribution in [2.75, 3.05) is 59.5 Å². The first kappa shape index (κ1) is 33.0. The van der Waals surface area contributed by atoms with Crippen molar-refractivity contribution in [2.24, 2.45) is 0 Å². The van der Waals surface area contributed by atoms with E-state index in [9.17, 15) is 23.2 Å². The summed E-state index contributed by atoms with van der Waals surface area (Å²) in [7, 11) is 2.17. The number of hydrogen-bond acceptors (Lipinski definition) is 7. The number of hydrogen-bond donors (Lipinski definition) is 2. The molecule has 2 aliphatic rings. The molecule has 240 valence electrons. The van der Waals surface area contributed by atoms with E-state index in [0.717, 1.165) is 35.4 Å². The third-order valence-electron chi connectivity index (χ3n) is 8.03. The molecule has 3 amide bonds. The lowest BCUT2D eigenvalue weighted by Gasteiger charge is -2.42. The Morgan fingerprint density at radius 3 is 2.55 bits per heavy atom. The number of likely N-dealkylation sites (tertiary alicyclic amines) is 1. The lowest BCUT2D eigenvalue weighted by Crippen LogP contribution is -2.59. The molecule has 4 rings (SSSR count). The second-order valence-electron chi connectivity index (χ2n) is 13.0. The zero-order chi connectivity index (χ0) is 32.3. The molecular weight excluding hydrogens is 574 g/mol. The largest absolute Gasteiger partial charge is 0.493 e. The minimum absolute atomic E-state index is 0.0221. The second-order valence-corrected chi connectivity index (χ2v) is 13.0. The number of likely N-dealkylation sites (N-methyl/N-ethyl adjacent to an activating group) is 1. The van der Waals surface area contributed by atoms with Gasteiger partial charge in [0.25, 0.3) is 11.8 Å². The van der Waals surface area contributed by atoms with Crippen molar-refractivity contribution >= 4 is 34.5 Å². The summed E-state index contributed by atoms with van der Waals surface area (Å²) in [5.74, 6) is -3.71. The molecule has 11 nitrogen and oxygen atoms in total. The molecule has 2 N–H and O–H groups in total. The van der Waals surface area contributed by atoms with E-state index in [2.05, 4.69) is 17.3 Å². The maximum atomic E-state index is 13.9.